The topological polar surface area (TPSA) is 67.2 Å². The van der Waals surface area contributed by atoms with Gasteiger partial charge in [-0.25, -0.2) is 0 Å². The molecule has 5 nitrogen and oxygen atoms in total. The van der Waals surface area contributed by atoms with Gasteiger partial charge in [0.2, 0.25) is 5.91 Å². The number of rotatable bonds is 2. The lowest BCUT2D eigenvalue weighted by molar-refractivity contribution is -0.119. The first-order valence-corrected chi connectivity index (χ1v) is 5.20. The first-order chi connectivity index (χ1) is 7.25. The first kappa shape index (κ1) is 10.2. The predicted molar refractivity (Wildman–Crippen MR) is 55.3 cm³/mol. The molecular weight excluding hydrogens is 194 g/mol. The second-order valence-electron chi connectivity index (χ2n) is 4.01. The Hall–Kier alpha value is -1.36. The largest absolute Gasteiger partial charge is 0.363 e. The maximum absolute atomic E-state index is 11.8. The summed E-state index contributed by atoms with van der Waals surface area (Å²) in [5.74, 6) is 1.04. The average molecular weight is 209 g/mol. The van der Waals surface area contributed by atoms with Gasteiger partial charge in [0, 0.05) is 6.07 Å². The average Bonchev–Trinajstić information content (AvgIpc) is 2.70. The van der Waals surface area contributed by atoms with Gasteiger partial charge in [-0.15, -0.1) is 0 Å². The molecule has 2 rings (SSSR count). The van der Waals surface area contributed by atoms with E-state index in [1.807, 2.05) is 0 Å². The smallest absolute Gasteiger partial charge is 0.242 e. The number of hydrogen-bond donors (Lipinski definition) is 2. The van der Waals surface area contributed by atoms with Crippen molar-refractivity contribution in [2.45, 2.75) is 25.8 Å². The quantitative estimate of drug-likeness (QED) is 0.762. The zero-order chi connectivity index (χ0) is 10.7. The van der Waals surface area contributed by atoms with Gasteiger partial charge >= 0.3 is 0 Å². The van der Waals surface area contributed by atoms with Crippen LogP contribution in [0.3, 0.4) is 0 Å². The number of anilines is 1. The number of carbonyl (C=O) groups is 1. The maximum atomic E-state index is 11.8. The lowest BCUT2D eigenvalue weighted by atomic mass is 9.94. The summed E-state index contributed by atoms with van der Waals surface area (Å²) >= 11 is 0. The van der Waals surface area contributed by atoms with Crippen LogP contribution in [0.1, 0.15) is 19.8 Å². The lowest BCUT2D eigenvalue weighted by Crippen LogP contribution is -2.45. The summed E-state index contributed by atoms with van der Waals surface area (Å²) < 4.78 is 4.64. The minimum Gasteiger partial charge on any atom is -0.363 e. The molecule has 15 heavy (non-hydrogen) atoms. The van der Waals surface area contributed by atoms with Crippen molar-refractivity contribution in [1.29, 1.82) is 0 Å². The molecule has 0 aromatic carbocycles. The Balaban J connectivity index is 1.90. The Kier molecular flexibility index (Phi) is 3.01. The van der Waals surface area contributed by atoms with Gasteiger partial charge in [0.25, 0.3) is 0 Å². The van der Waals surface area contributed by atoms with Crippen molar-refractivity contribution in [3.63, 3.8) is 0 Å². The number of amides is 1. The van der Waals surface area contributed by atoms with Crippen molar-refractivity contribution in [2.75, 3.05) is 11.9 Å². The summed E-state index contributed by atoms with van der Waals surface area (Å²) in [5.41, 5.74) is 0. The van der Waals surface area contributed by atoms with Crippen LogP contribution in [0.15, 0.2) is 16.9 Å². The molecule has 1 aliphatic rings. The number of carbonyl (C=O) groups excluding carboxylic acids is 1. The van der Waals surface area contributed by atoms with E-state index in [2.05, 4.69) is 27.2 Å². The van der Waals surface area contributed by atoms with Crippen molar-refractivity contribution >= 4 is 11.7 Å². The highest BCUT2D eigenvalue weighted by atomic mass is 16.5. The second kappa shape index (κ2) is 4.44. The molecular formula is C10H15N3O2. The molecule has 1 aromatic rings. The maximum Gasteiger partial charge on any atom is 0.242 e. The summed E-state index contributed by atoms with van der Waals surface area (Å²) in [7, 11) is 0. The summed E-state index contributed by atoms with van der Waals surface area (Å²) in [6.45, 7) is 3.06. The molecule has 1 saturated heterocycles. The molecule has 82 valence electrons. The van der Waals surface area contributed by atoms with Crippen molar-refractivity contribution in [2.24, 2.45) is 5.92 Å². The van der Waals surface area contributed by atoms with E-state index in [1.54, 1.807) is 6.07 Å². The molecule has 2 N–H and O–H groups in total. The summed E-state index contributed by atoms with van der Waals surface area (Å²) in [5, 5.41) is 9.53. The Bertz CT molecular complexity index is 323. The molecule has 1 aliphatic heterocycles. The summed E-state index contributed by atoms with van der Waals surface area (Å²) in [6.07, 6.45) is 3.45. The van der Waals surface area contributed by atoms with Crippen LogP contribution < -0.4 is 10.6 Å². The third-order valence-electron chi connectivity index (χ3n) is 2.67. The molecule has 0 saturated carbocycles. The molecule has 2 atom stereocenters. The van der Waals surface area contributed by atoms with E-state index in [1.165, 1.54) is 6.26 Å². The minimum absolute atomic E-state index is 0.0320. The fraction of sp³-hybridized carbons (Fsp3) is 0.600. The SMILES string of the molecule is CC1CCNC(C(=O)Nc2ccon2)C1. The van der Waals surface area contributed by atoms with E-state index in [0.717, 1.165) is 19.4 Å². The van der Waals surface area contributed by atoms with E-state index in [-0.39, 0.29) is 11.9 Å². The molecule has 1 fully saturated rings. The van der Waals surface area contributed by atoms with Crippen molar-refractivity contribution in [1.82, 2.24) is 10.5 Å². The van der Waals surface area contributed by atoms with Crippen LogP contribution in [-0.4, -0.2) is 23.7 Å². The van der Waals surface area contributed by atoms with Gasteiger partial charge in [0.15, 0.2) is 5.82 Å². The van der Waals surface area contributed by atoms with E-state index >= 15 is 0 Å². The van der Waals surface area contributed by atoms with Gasteiger partial charge in [-0.3, -0.25) is 4.79 Å². The standard InChI is InChI=1S/C10H15N3O2/c1-7-2-4-11-8(6-7)10(14)12-9-3-5-15-13-9/h3,5,7-8,11H,2,4,6H2,1H3,(H,12,13,14). The zero-order valence-corrected chi connectivity index (χ0v) is 8.69. The number of nitrogens with one attached hydrogen (secondary N) is 2. The molecule has 1 aromatic heterocycles. The van der Waals surface area contributed by atoms with Crippen LogP contribution in [0.2, 0.25) is 0 Å². The Morgan fingerprint density at radius 2 is 2.60 bits per heavy atom. The van der Waals surface area contributed by atoms with Gasteiger partial charge in [0.1, 0.15) is 6.26 Å². The molecule has 0 aliphatic carbocycles. The van der Waals surface area contributed by atoms with Crippen LogP contribution in [0.5, 0.6) is 0 Å². The van der Waals surface area contributed by atoms with E-state index in [9.17, 15) is 4.79 Å². The third-order valence-corrected chi connectivity index (χ3v) is 2.67. The van der Waals surface area contributed by atoms with Crippen LogP contribution in [0.4, 0.5) is 5.82 Å². The highest BCUT2D eigenvalue weighted by molar-refractivity contribution is 5.93. The molecule has 1 amide bonds. The molecule has 0 radical (unpaired) electrons. The molecule has 0 bridgehead atoms. The zero-order valence-electron chi connectivity index (χ0n) is 8.69. The third kappa shape index (κ3) is 2.56. The summed E-state index contributed by atoms with van der Waals surface area (Å²) in [6, 6.07) is 1.52. The van der Waals surface area contributed by atoms with Crippen LogP contribution >= 0.6 is 0 Å². The fourth-order valence-electron chi connectivity index (χ4n) is 1.80. The van der Waals surface area contributed by atoms with Crippen molar-refractivity contribution in [3.05, 3.63) is 12.3 Å². The molecule has 0 spiro atoms. The molecule has 5 heteroatoms. The van der Waals surface area contributed by atoms with Crippen LogP contribution in [0, 0.1) is 5.92 Å². The van der Waals surface area contributed by atoms with E-state index in [4.69, 9.17) is 0 Å². The minimum atomic E-state index is -0.106. The number of hydrogen-bond acceptors (Lipinski definition) is 4. The van der Waals surface area contributed by atoms with E-state index in [0.29, 0.717) is 11.7 Å². The lowest BCUT2D eigenvalue weighted by Gasteiger charge is -2.26. The highest BCUT2D eigenvalue weighted by Crippen LogP contribution is 2.16. The second-order valence-corrected chi connectivity index (χ2v) is 4.01. The predicted octanol–water partition coefficient (Wildman–Crippen LogP) is 1.00. The Morgan fingerprint density at radius 1 is 1.73 bits per heavy atom. The monoisotopic (exact) mass is 209 g/mol. The van der Waals surface area contributed by atoms with Gasteiger partial charge in [-0.1, -0.05) is 12.1 Å². The van der Waals surface area contributed by atoms with Crippen LogP contribution in [-0.2, 0) is 4.79 Å². The molecule has 2 unspecified atom stereocenters. The van der Waals surface area contributed by atoms with Crippen molar-refractivity contribution < 1.29 is 9.32 Å². The number of aromatic nitrogens is 1. The van der Waals surface area contributed by atoms with Gasteiger partial charge in [0.05, 0.1) is 6.04 Å². The van der Waals surface area contributed by atoms with Crippen LogP contribution in [0.25, 0.3) is 0 Å². The van der Waals surface area contributed by atoms with Gasteiger partial charge in [-0.05, 0) is 25.3 Å². The van der Waals surface area contributed by atoms with Gasteiger partial charge < -0.3 is 15.2 Å². The Labute approximate surface area is 88.2 Å². The highest BCUT2D eigenvalue weighted by Gasteiger charge is 2.24. The van der Waals surface area contributed by atoms with Gasteiger partial charge in [-0.2, -0.15) is 0 Å². The summed E-state index contributed by atoms with van der Waals surface area (Å²) in [4.78, 5) is 11.8. The van der Waals surface area contributed by atoms with Crippen molar-refractivity contribution in [3.8, 4) is 0 Å². The first-order valence-electron chi connectivity index (χ1n) is 5.20. The Morgan fingerprint density at radius 3 is 3.27 bits per heavy atom. The fourth-order valence-corrected chi connectivity index (χ4v) is 1.80. The normalized spacial score (nSPS) is 26.2. The van der Waals surface area contributed by atoms with E-state index < -0.39 is 0 Å². The number of piperidine rings is 1. The number of nitrogens with zero attached hydrogens (tertiary/aromatic N) is 1. The molecule has 2 heterocycles.